The fourth-order valence-corrected chi connectivity index (χ4v) is 3.03. The zero-order valence-electron chi connectivity index (χ0n) is 12.7. The zero-order valence-corrected chi connectivity index (χ0v) is 14.3. The monoisotopic (exact) mass is 360 g/mol. The minimum absolute atomic E-state index is 0.250. The van der Waals surface area contributed by atoms with Gasteiger partial charge in [-0.05, 0) is 37.9 Å². The number of rotatable bonds is 5. The van der Waals surface area contributed by atoms with Crippen LogP contribution in [-0.2, 0) is 6.54 Å². The summed E-state index contributed by atoms with van der Waals surface area (Å²) in [5.41, 5.74) is 2.45. The fourth-order valence-electron chi connectivity index (χ4n) is 2.10. The molecule has 2 N–H and O–H groups in total. The molecule has 0 atom stereocenters. The number of aryl methyl sites for hydroxylation is 1. The first-order valence-corrected chi connectivity index (χ1v) is 8.14. The number of halogens is 1. The van der Waals surface area contributed by atoms with Crippen LogP contribution in [0.5, 0.6) is 0 Å². The van der Waals surface area contributed by atoms with Crippen molar-refractivity contribution < 1.29 is 4.79 Å². The number of aromatic nitrogens is 4. The highest BCUT2D eigenvalue weighted by Gasteiger charge is 2.18. The van der Waals surface area contributed by atoms with Crippen LogP contribution in [0, 0.1) is 6.92 Å². The Morgan fingerprint density at radius 2 is 2.08 bits per heavy atom. The molecule has 1 aromatic carbocycles. The maximum absolute atomic E-state index is 12.3. The first-order valence-electron chi connectivity index (χ1n) is 6.95. The molecule has 0 aliphatic carbocycles. The Morgan fingerprint density at radius 1 is 1.33 bits per heavy atom. The number of hydrogen-bond acceptors (Lipinski definition) is 6. The largest absolute Gasteiger partial charge is 0.298 e. The van der Waals surface area contributed by atoms with Crippen molar-refractivity contribution >= 4 is 40.7 Å². The molecule has 9 heteroatoms. The normalized spacial score (nSPS) is 10.6. The van der Waals surface area contributed by atoms with E-state index in [9.17, 15) is 4.79 Å². The van der Waals surface area contributed by atoms with Crippen molar-refractivity contribution in [2.75, 3.05) is 5.32 Å². The quantitative estimate of drug-likeness (QED) is 0.682. The lowest BCUT2D eigenvalue weighted by Crippen LogP contribution is -2.11. The Hall–Kier alpha value is -2.58. The van der Waals surface area contributed by atoms with Crippen LogP contribution in [0.25, 0.3) is 11.4 Å². The van der Waals surface area contributed by atoms with E-state index in [1.165, 1.54) is 11.3 Å². The molecule has 0 radical (unpaired) electrons. The number of aromatic amines is 1. The van der Waals surface area contributed by atoms with Crippen LogP contribution in [0.1, 0.15) is 20.9 Å². The average molecular weight is 361 g/mol. The molecular formula is C15H13ClN6OS. The lowest BCUT2D eigenvalue weighted by Gasteiger charge is -2.01. The molecule has 0 bridgehead atoms. The second kappa shape index (κ2) is 6.90. The number of carbonyl (C=O) groups is 1. The van der Waals surface area contributed by atoms with Gasteiger partial charge in [0.2, 0.25) is 0 Å². The Bertz CT molecular complexity index is 886. The summed E-state index contributed by atoms with van der Waals surface area (Å²) in [6.07, 6.45) is 0. The van der Waals surface area contributed by atoms with Crippen LogP contribution >= 0.6 is 22.9 Å². The van der Waals surface area contributed by atoms with Crippen molar-refractivity contribution in [2.45, 2.75) is 13.5 Å². The summed E-state index contributed by atoms with van der Waals surface area (Å²) in [5, 5.41) is 14.6. The van der Waals surface area contributed by atoms with Gasteiger partial charge in [-0.15, -0.1) is 11.3 Å². The van der Waals surface area contributed by atoms with E-state index in [0.717, 1.165) is 4.88 Å². The van der Waals surface area contributed by atoms with E-state index in [1.807, 2.05) is 6.92 Å². The van der Waals surface area contributed by atoms with E-state index < -0.39 is 0 Å². The molecule has 0 saturated heterocycles. The van der Waals surface area contributed by atoms with Gasteiger partial charge in [0.1, 0.15) is 17.1 Å². The van der Waals surface area contributed by atoms with Gasteiger partial charge in [-0.1, -0.05) is 11.6 Å². The zero-order chi connectivity index (χ0) is 17.1. The van der Waals surface area contributed by atoms with Crippen LogP contribution < -0.4 is 5.32 Å². The summed E-state index contributed by atoms with van der Waals surface area (Å²) in [7, 11) is 0. The maximum Gasteiger partial charge on any atom is 0.257 e. The molecule has 1 amide bonds. The molecular weight excluding hydrogens is 348 g/mol. The highest BCUT2D eigenvalue weighted by molar-refractivity contribution is 7.16. The summed E-state index contributed by atoms with van der Waals surface area (Å²) in [6, 6.07) is 6.65. The van der Waals surface area contributed by atoms with Crippen molar-refractivity contribution in [1.29, 1.82) is 0 Å². The first-order chi connectivity index (χ1) is 11.6. The summed E-state index contributed by atoms with van der Waals surface area (Å²) in [5.74, 6) is -0.250. The van der Waals surface area contributed by atoms with Gasteiger partial charge in [0.15, 0.2) is 5.13 Å². The molecule has 0 spiro atoms. The number of carbonyl (C=O) groups excluding carboxylic acids is 1. The molecule has 7 nitrogen and oxygen atoms in total. The summed E-state index contributed by atoms with van der Waals surface area (Å²) < 4.78 is 0. The minimum atomic E-state index is -0.250. The molecule has 2 heterocycles. The molecule has 122 valence electrons. The molecule has 0 saturated carbocycles. The molecule has 0 aliphatic rings. The molecule has 3 rings (SSSR count). The Labute approximate surface area is 146 Å². The van der Waals surface area contributed by atoms with Gasteiger partial charge < -0.3 is 0 Å². The van der Waals surface area contributed by atoms with Crippen LogP contribution in [0.2, 0.25) is 5.02 Å². The van der Waals surface area contributed by atoms with Crippen LogP contribution in [0.3, 0.4) is 0 Å². The van der Waals surface area contributed by atoms with Crippen molar-refractivity contribution in [1.82, 2.24) is 20.4 Å². The van der Waals surface area contributed by atoms with E-state index in [1.54, 1.807) is 24.3 Å². The number of nitrogens with one attached hydrogen (secondary N) is 2. The molecule has 2 aromatic heterocycles. The minimum Gasteiger partial charge on any atom is -0.298 e. The van der Waals surface area contributed by atoms with E-state index in [0.29, 0.717) is 39.3 Å². The van der Waals surface area contributed by atoms with Crippen LogP contribution in [0.15, 0.2) is 29.3 Å². The third-order valence-electron chi connectivity index (χ3n) is 3.23. The highest BCUT2D eigenvalue weighted by atomic mass is 35.5. The topological polar surface area (TPSA) is 95.9 Å². The third kappa shape index (κ3) is 3.34. The standard InChI is InChI=1S/C15H13ClN6OS/c1-8-12(13-11(7-17-2)20-22-21-13)18-15(24-8)19-14(23)9-3-5-10(16)6-4-9/h3-6H,2,7H2,1H3,(H,18,19,23)(H,20,21,22). The van der Waals surface area contributed by atoms with E-state index in [4.69, 9.17) is 11.6 Å². The smallest absolute Gasteiger partial charge is 0.257 e. The number of benzene rings is 1. The van der Waals surface area contributed by atoms with Crippen molar-refractivity contribution in [2.24, 2.45) is 4.99 Å². The van der Waals surface area contributed by atoms with Gasteiger partial charge in [0.25, 0.3) is 5.91 Å². The average Bonchev–Trinajstić information content (AvgIpc) is 3.14. The van der Waals surface area contributed by atoms with Gasteiger partial charge >= 0.3 is 0 Å². The SMILES string of the molecule is C=NCc1n[nH]nc1-c1nc(NC(=O)c2ccc(Cl)cc2)sc1C. The molecule has 24 heavy (non-hydrogen) atoms. The van der Waals surface area contributed by atoms with Gasteiger partial charge in [-0.25, -0.2) is 4.98 Å². The molecule has 3 aromatic rings. The number of H-pyrrole nitrogens is 1. The summed E-state index contributed by atoms with van der Waals surface area (Å²) in [4.78, 5) is 21.4. The second-order valence-corrected chi connectivity index (χ2v) is 6.53. The predicted octanol–water partition coefficient (Wildman–Crippen LogP) is 3.34. The second-order valence-electron chi connectivity index (χ2n) is 4.89. The lowest BCUT2D eigenvalue weighted by atomic mass is 10.2. The first kappa shape index (κ1) is 16.3. The number of thiazole rings is 1. The highest BCUT2D eigenvalue weighted by Crippen LogP contribution is 2.31. The summed E-state index contributed by atoms with van der Waals surface area (Å²) >= 11 is 7.20. The fraction of sp³-hybridized carbons (Fsp3) is 0.133. The number of aliphatic imine (C=N–C) groups is 1. The van der Waals surface area contributed by atoms with E-state index in [2.05, 4.69) is 37.4 Å². The van der Waals surface area contributed by atoms with Crippen LogP contribution in [-0.4, -0.2) is 33.0 Å². The summed E-state index contributed by atoms with van der Waals surface area (Å²) in [6.45, 7) is 5.71. The Balaban J connectivity index is 1.83. The lowest BCUT2D eigenvalue weighted by molar-refractivity contribution is 0.102. The number of anilines is 1. The van der Waals surface area contributed by atoms with Crippen molar-refractivity contribution in [3.05, 3.63) is 45.4 Å². The Kier molecular flexibility index (Phi) is 4.68. The van der Waals surface area contributed by atoms with Crippen molar-refractivity contribution in [3.8, 4) is 11.4 Å². The van der Waals surface area contributed by atoms with Gasteiger partial charge in [-0.2, -0.15) is 15.4 Å². The predicted molar refractivity (Wildman–Crippen MR) is 94.9 cm³/mol. The number of amides is 1. The maximum atomic E-state index is 12.3. The van der Waals surface area contributed by atoms with E-state index in [-0.39, 0.29) is 5.91 Å². The molecule has 0 aliphatic heterocycles. The molecule has 0 fully saturated rings. The van der Waals surface area contributed by atoms with Gasteiger partial charge in [0.05, 0.1) is 6.54 Å². The number of hydrogen-bond donors (Lipinski definition) is 2. The molecule has 0 unspecified atom stereocenters. The Morgan fingerprint density at radius 3 is 2.79 bits per heavy atom. The van der Waals surface area contributed by atoms with Gasteiger partial charge in [-0.3, -0.25) is 15.1 Å². The van der Waals surface area contributed by atoms with E-state index >= 15 is 0 Å². The van der Waals surface area contributed by atoms with Crippen LogP contribution in [0.4, 0.5) is 5.13 Å². The number of nitrogens with zero attached hydrogens (tertiary/aromatic N) is 4. The van der Waals surface area contributed by atoms with Crippen molar-refractivity contribution in [3.63, 3.8) is 0 Å². The third-order valence-corrected chi connectivity index (χ3v) is 4.37. The van der Waals surface area contributed by atoms with Gasteiger partial charge in [0, 0.05) is 15.5 Å².